The number of anilines is 1. The van der Waals surface area contributed by atoms with Gasteiger partial charge in [-0.2, -0.15) is 0 Å². The van der Waals surface area contributed by atoms with Crippen molar-refractivity contribution >= 4 is 39.3 Å². The first-order chi connectivity index (χ1) is 10.4. The van der Waals surface area contributed by atoms with E-state index in [2.05, 4.69) is 21.2 Å². The van der Waals surface area contributed by atoms with Gasteiger partial charge in [0.05, 0.1) is 10.9 Å². The summed E-state index contributed by atoms with van der Waals surface area (Å²) in [5.41, 5.74) is -0.386. The molecule has 2 rings (SSSR count). The van der Waals surface area contributed by atoms with E-state index in [1.165, 1.54) is 11.8 Å². The van der Waals surface area contributed by atoms with Gasteiger partial charge in [-0.3, -0.25) is 4.79 Å². The van der Waals surface area contributed by atoms with Crippen LogP contribution in [0.25, 0.3) is 0 Å². The minimum absolute atomic E-state index is 0.386. The Labute approximate surface area is 138 Å². The zero-order valence-electron chi connectivity index (χ0n) is 11.4. The lowest BCUT2D eigenvalue weighted by Crippen LogP contribution is -2.23. The summed E-state index contributed by atoms with van der Waals surface area (Å²) in [6.45, 7) is 1.64. The van der Waals surface area contributed by atoms with Crippen molar-refractivity contribution in [3.05, 3.63) is 58.3 Å². The number of hydrogen-bond acceptors (Lipinski definition) is 2. The Balaban J connectivity index is 2.09. The Kier molecular flexibility index (Phi) is 5.52. The van der Waals surface area contributed by atoms with Crippen molar-refractivity contribution in [3.8, 4) is 0 Å². The van der Waals surface area contributed by atoms with Crippen molar-refractivity contribution < 1.29 is 18.0 Å². The van der Waals surface area contributed by atoms with Gasteiger partial charge in [0.2, 0.25) is 5.91 Å². The lowest BCUT2D eigenvalue weighted by Gasteiger charge is -2.13. The number of halogens is 4. The van der Waals surface area contributed by atoms with Gasteiger partial charge < -0.3 is 5.32 Å². The molecule has 0 saturated carbocycles. The average molecular weight is 390 g/mol. The maximum absolute atomic E-state index is 13.5. The van der Waals surface area contributed by atoms with E-state index in [1.54, 1.807) is 6.92 Å². The maximum Gasteiger partial charge on any atom is 0.237 e. The van der Waals surface area contributed by atoms with Crippen molar-refractivity contribution in [2.24, 2.45) is 0 Å². The third-order valence-corrected chi connectivity index (χ3v) is 4.93. The molecule has 2 nitrogen and oxygen atoms in total. The molecule has 2 aromatic rings. The molecule has 0 aliphatic rings. The maximum atomic E-state index is 13.5. The Morgan fingerprint density at radius 2 is 1.82 bits per heavy atom. The molecular formula is C15H11BrF3NOS. The molecule has 22 heavy (non-hydrogen) atoms. The molecule has 116 valence electrons. The molecule has 0 bridgehead atoms. The van der Waals surface area contributed by atoms with Gasteiger partial charge in [0, 0.05) is 9.37 Å². The highest BCUT2D eigenvalue weighted by Gasteiger charge is 2.19. The molecule has 1 atom stereocenters. The predicted octanol–water partition coefficient (Wildman–Crippen LogP) is 4.99. The number of nitrogens with one attached hydrogen (secondary N) is 1. The van der Waals surface area contributed by atoms with Crippen LogP contribution in [-0.4, -0.2) is 11.2 Å². The smallest absolute Gasteiger partial charge is 0.237 e. The van der Waals surface area contributed by atoms with Crippen molar-refractivity contribution in [2.45, 2.75) is 17.1 Å². The van der Waals surface area contributed by atoms with Crippen molar-refractivity contribution in [3.63, 3.8) is 0 Å². The van der Waals surface area contributed by atoms with Gasteiger partial charge in [0.1, 0.15) is 0 Å². The molecule has 0 heterocycles. The summed E-state index contributed by atoms with van der Waals surface area (Å²) in [5, 5.41) is 1.71. The third kappa shape index (κ3) is 3.84. The van der Waals surface area contributed by atoms with E-state index in [4.69, 9.17) is 0 Å². The molecule has 0 aromatic heterocycles. The zero-order chi connectivity index (χ0) is 16.3. The fourth-order valence-electron chi connectivity index (χ4n) is 1.64. The van der Waals surface area contributed by atoms with Gasteiger partial charge in [-0.05, 0) is 47.1 Å². The van der Waals surface area contributed by atoms with Crippen LogP contribution in [0.15, 0.2) is 45.8 Å². The molecule has 1 N–H and O–H groups in total. The van der Waals surface area contributed by atoms with Gasteiger partial charge in [-0.1, -0.05) is 12.1 Å². The fourth-order valence-corrected chi connectivity index (χ4v) is 3.09. The minimum Gasteiger partial charge on any atom is -0.323 e. The second-order valence-corrected chi connectivity index (χ2v) is 6.64. The standard InChI is InChI=1S/C15H11BrF3NOS/c1-8(22-12-5-3-2-4-9(12)16)15(21)20-11-7-6-10(17)13(18)14(11)19/h2-8H,1H3,(H,20,21). The lowest BCUT2D eigenvalue weighted by atomic mass is 10.2. The van der Waals surface area contributed by atoms with E-state index in [9.17, 15) is 18.0 Å². The Hall–Kier alpha value is -1.47. The summed E-state index contributed by atoms with van der Waals surface area (Å²) in [6, 6.07) is 9.09. The van der Waals surface area contributed by atoms with Crippen LogP contribution in [0.5, 0.6) is 0 Å². The summed E-state index contributed by atoms with van der Waals surface area (Å²) in [5.74, 6) is -4.83. The van der Waals surface area contributed by atoms with Crippen LogP contribution in [0.1, 0.15) is 6.92 Å². The highest BCUT2D eigenvalue weighted by Crippen LogP contribution is 2.31. The van der Waals surface area contributed by atoms with Crippen LogP contribution in [0, 0.1) is 17.5 Å². The highest BCUT2D eigenvalue weighted by atomic mass is 79.9. The van der Waals surface area contributed by atoms with Crippen molar-refractivity contribution in [1.82, 2.24) is 0 Å². The number of carbonyl (C=O) groups excluding carboxylic acids is 1. The second kappa shape index (κ2) is 7.19. The summed E-state index contributed by atoms with van der Waals surface area (Å²) < 4.78 is 40.3. The summed E-state index contributed by atoms with van der Waals surface area (Å²) >= 11 is 4.63. The normalized spacial score (nSPS) is 12.0. The molecule has 0 spiro atoms. The predicted molar refractivity (Wildman–Crippen MR) is 84.4 cm³/mol. The monoisotopic (exact) mass is 389 g/mol. The van der Waals surface area contributed by atoms with Crippen LogP contribution in [0.2, 0.25) is 0 Å². The van der Waals surface area contributed by atoms with Crippen LogP contribution in [0.3, 0.4) is 0 Å². The molecule has 0 saturated heterocycles. The summed E-state index contributed by atoms with van der Waals surface area (Å²) in [6.07, 6.45) is 0. The first-order valence-corrected chi connectivity index (χ1v) is 7.93. The zero-order valence-corrected chi connectivity index (χ0v) is 13.8. The fraction of sp³-hybridized carbons (Fsp3) is 0.133. The van der Waals surface area contributed by atoms with Crippen LogP contribution in [-0.2, 0) is 4.79 Å². The number of amides is 1. The van der Waals surface area contributed by atoms with E-state index in [-0.39, 0.29) is 5.69 Å². The molecular weight excluding hydrogens is 379 g/mol. The molecule has 7 heteroatoms. The SMILES string of the molecule is CC(Sc1ccccc1Br)C(=O)Nc1ccc(F)c(F)c1F. The van der Waals surface area contributed by atoms with Crippen molar-refractivity contribution in [1.29, 1.82) is 0 Å². The number of thioether (sulfide) groups is 1. The summed E-state index contributed by atoms with van der Waals surface area (Å²) in [7, 11) is 0. The van der Waals surface area contributed by atoms with Gasteiger partial charge in [-0.25, -0.2) is 13.2 Å². The highest BCUT2D eigenvalue weighted by molar-refractivity contribution is 9.10. The molecule has 0 radical (unpaired) electrons. The van der Waals surface area contributed by atoms with E-state index >= 15 is 0 Å². The first kappa shape index (κ1) is 16.9. The van der Waals surface area contributed by atoms with E-state index in [0.717, 1.165) is 21.5 Å². The van der Waals surface area contributed by atoms with E-state index in [0.29, 0.717) is 0 Å². The average Bonchev–Trinajstić information content (AvgIpc) is 2.50. The molecule has 0 fully saturated rings. The molecule has 1 unspecified atom stereocenters. The lowest BCUT2D eigenvalue weighted by molar-refractivity contribution is -0.115. The number of hydrogen-bond donors (Lipinski definition) is 1. The topological polar surface area (TPSA) is 29.1 Å². The minimum atomic E-state index is -1.61. The molecule has 0 aliphatic heterocycles. The number of carbonyl (C=O) groups is 1. The Bertz CT molecular complexity index is 711. The summed E-state index contributed by atoms with van der Waals surface area (Å²) in [4.78, 5) is 12.9. The molecule has 0 aliphatic carbocycles. The van der Waals surface area contributed by atoms with E-state index in [1.807, 2.05) is 24.3 Å². The Morgan fingerprint density at radius 3 is 2.50 bits per heavy atom. The van der Waals surface area contributed by atoms with Crippen LogP contribution < -0.4 is 5.32 Å². The molecule has 2 aromatic carbocycles. The largest absolute Gasteiger partial charge is 0.323 e. The second-order valence-electron chi connectivity index (χ2n) is 4.40. The van der Waals surface area contributed by atoms with Gasteiger partial charge in [0.15, 0.2) is 17.5 Å². The van der Waals surface area contributed by atoms with Crippen molar-refractivity contribution in [2.75, 3.05) is 5.32 Å². The van der Waals surface area contributed by atoms with Gasteiger partial charge in [0.25, 0.3) is 0 Å². The van der Waals surface area contributed by atoms with Gasteiger partial charge >= 0.3 is 0 Å². The molecule has 1 amide bonds. The van der Waals surface area contributed by atoms with E-state index < -0.39 is 28.6 Å². The quantitative estimate of drug-likeness (QED) is 0.589. The van der Waals surface area contributed by atoms with Crippen LogP contribution >= 0.6 is 27.7 Å². The van der Waals surface area contributed by atoms with Gasteiger partial charge in [-0.15, -0.1) is 11.8 Å². The third-order valence-electron chi connectivity index (χ3n) is 2.80. The number of rotatable bonds is 4. The van der Waals surface area contributed by atoms with Crippen LogP contribution in [0.4, 0.5) is 18.9 Å². The first-order valence-electron chi connectivity index (χ1n) is 6.25. The Morgan fingerprint density at radius 1 is 1.14 bits per heavy atom. The number of benzene rings is 2.